The molecule has 15 nitrogen and oxygen atoms in total. The van der Waals surface area contributed by atoms with Gasteiger partial charge >= 0.3 is 12.2 Å². The molecule has 51 heavy (non-hydrogen) atoms. The van der Waals surface area contributed by atoms with E-state index in [1.807, 2.05) is 6.08 Å². The lowest BCUT2D eigenvalue weighted by Gasteiger charge is -2.30. The second-order valence-corrected chi connectivity index (χ2v) is 16.7. The number of amides is 5. The summed E-state index contributed by atoms with van der Waals surface area (Å²) in [5.74, 6) is -3.31. The van der Waals surface area contributed by atoms with Crippen molar-refractivity contribution in [2.24, 2.45) is 5.92 Å². The fourth-order valence-corrected chi connectivity index (χ4v) is 8.02. The highest BCUT2D eigenvalue weighted by Crippen LogP contribution is 2.46. The van der Waals surface area contributed by atoms with E-state index in [0.29, 0.717) is 36.8 Å². The second kappa shape index (κ2) is 14.1. The molecule has 0 unspecified atom stereocenters. The average molecular weight is 734 g/mol. The first-order chi connectivity index (χ1) is 24.1. The minimum Gasteiger partial charge on any atom is -0.444 e. The standard InChI is InChI=1S/C34H44FN5O10S/c1-33(2,3)50-31(44)36-26-19-48-13-6-4-5-9-21-15-34(21,30(43)38-51(46,47)23-11-12-23)37-28(41)27-14-22(17-40(27)29(26)42)49-32(45)39-16-20-8-7-10-25(35)24(20)18-39/h5,7-10,21-23,26-27H,4,6,11-19H2,1-3H3,(H,36,44)(H,37,41)(H,38,43)/b9-5-/t21-,22-,26+,27+,34-/m1/s1. The molecule has 0 bridgehead atoms. The summed E-state index contributed by atoms with van der Waals surface area (Å²) >= 11 is 0. The van der Waals surface area contributed by atoms with E-state index >= 15 is 0 Å². The molecule has 0 radical (unpaired) electrons. The van der Waals surface area contributed by atoms with Gasteiger partial charge in [-0.05, 0) is 64.5 Å². The zero-order valence-corrected chi connectivity index (χ0v) is 29.6. The number of ether oxygens (including phenoxy) is 3. The summed E-state index contributed by atoms with van der Waals surface area (Å²) < 4.78 is 58.9. The summed E-state index contributed by atoms with van der Waals surface area (Å²) in [6.45, 7) is 4.81. The van der Waals surface area contributed by atoms with Crippen LogP contribution in [0, 0.1) is 11.7 Å². The van der Waals surface area contributed by atoms with Crippen molar-refractivity contribution in [1.82, 2.24) is 25.2 Å². The first-order valence-corrected chi connectivity index (χ1v) is 18.8. The topological polar surface area (TPSA) is 190 Å². The van der Waals surface area contributed by atoms with E-state index in [0.717, 1.165) is 4.90 Å². The maximum Gasteiger partial charge on any atom is 0.410 e. The lowest BCUT2D eigenvalue weighted by Crippen LogP contribution is -2.59. The Kier molecular flexibility index (Phi) is 10.1. The summed E-state index contributed by atoms with van der Waals surface area (Å²) in [4.78, 5) is 70.5. The molecule has 5 atom stereocenters. The number of sulfonamides is 1. The third-order valence-corrected chi connectivity index (χ3v) is 11.4. The normalized spacial score (nSPS) is 28.9. The van der Waals surface area contributed by atoms with Crippen LogP contribution in [0.25, 0.3) is 0 Å². The quantitative estimate of drug-likeness (QED) is 0.378. The number of benzene rings is 1. The maximum atomic E-state index is 14.4. The molecule has 3 fully saturated rings. The van der Waals surface area contributed by atoms with E-state index in [1.165, 1.54) is 11.0 Å². The monoisotopic (exact) mass is 733 g/mol. The number of carbonyl (C=O) groups excluding carboxylic acids is 5. The van der Waals surface area contributed by atoms with Crippen molar-refractivity contribution < 1.29 is 51.0 Å². The van der Waals surface area contributed by atoms with Gasteiger partial charge in [-0.1, -0.05) is 24.3 Å². The fraction of sp³-hybridized carbons (Fsp3) is 0.618. The lowest BCUT2D eigenvalue weighted by molar-refractivity contribution is -0.142. The van der Waals surface area contributed by atoms with Crippen LogP contribution in [0.3, 0.4) is 0 Å². The Bertz CT molecular complexity index is 1730. The van der Waals surface area contributed by atoms with E-state index in [9.17, 15) is 36.8 Å². The highest BCUT2D eigenvalue weighted by atomic mass is 32.2. The van der Waals surface area contributed by atoms with Crippen molar-refractivity contribution in [2.75, 3.05) is 19.8 Å². The van der Waals surface area contributed by atoms with E-state index in [1.54, 1.807) is 39.0 Å². The van der Waals surface area contributed by atoms with Crippen molar-refractivity contribution in [3.8, 4) is 0 Å². The van der Waals surface area contributed by atoms with E-state index < -0.39 is 86.2 Å². The van der Waals surface area contributed by atoms with Crippen molar-refractivity contribution >= 4 is 39.9 Å². The van der Waals surface area contributed by atoms with Gasteiger partial charge in [-0.2, -0.15) is 0 Å². The van der Waals surface area contributed by atoms with Gasteiger partial charge in [0.2, 0.25) is 21.8 Å². The number of hydrogen-bond acceptors (Lipinski definition) is 10. The minimum absolute atomic E-state index is 0.0182. The van der Waals surface area contributed by atoms with Gasteiger partial charge in [0.25, 0.3) is 5.91 Å². The third-order valence-electron chi connectivity index (χ3n) is 9.57. The van der Waals surface area contributed by atoms with E-state index in [4.69, 9.17) is 14.2 Å². The van der Waals surface area contributed by atoms with Crippen LogP contribution in [0.4, 0.5) is 14.0 Å². The number of hydrogen-bond donors (Lipinski definition) is 3. The lowest BCUT2D eigenvalue weighted by atomic mass is 10.1. The number of rotatable bonds is 5. The SMILES string of the molecule is CC(C)(C)OC(=O)N[C@H]1COCCC/C=C\[C@@H]2C[C@@]2(C(=O)NS(=O)(=O)C2CC2)NC(=O)[C@@H]2C[C@@H](OC(=O)N3Cc4cccc(F)c4C3)CN2C1=O. The Morgan fingerprint density at radius 3 is 2.61 bits per heavy atom. The van der Waals surface area contributed by atoms with E-state index in [-0.39, 0.29) is 45.7 Å². The molecule has 0 spiro atoms. The molecule has 1 aromatic carbocycles. The first-order valence-electron chi connectivity index (χ1n) is 17.2. The Morgan fingerprint density at radius 2 is 1.90 bits per heavy atom. The summed E-state index contributed by atoms with van der Waals surface area (Å²) in [7, 11) is -3.94. The van der Waals surface area contributed by atoms with Crippen LogP contribution in [-0.2, 0) is 51.7 Å². The Morgan fingerprint density at radius 1 is 1.14 bits per heavy atom. The number of nitrogens with zero attached hydrogens (tertiary/aromatic N) is 2. The van der Waals surface area contributed by atoms with Gasteiger partial charge in [0, 0.05) is 31.1 Å². The van der Waals surface area contributed by atoms with Crippen LogP contribution in [0.2, 0.25) is 0 Å². The molecular weight excluding hydrogens is 689 g/mol. The number of halogens is 1. The van der Waals surface area contributed by atoms with Gasteiger partial charge < -0.3 is 29.7 Å². The summed E-state index contributed by atoms with van der Waals surface area (Å²) in [5.41, 5.74) is -1.46. The number of fused-ring (bicyclic) bond motifs is 3. The highest BCUT2D eigenvalue weighted by molar-refractivity contribution is 7.91. The molecule has 3 heterocycles. The van der Waals surface area contributed by atoms with Crippen molar-refractivity contribution in [1.29, 1.82) is 0 Å². The van der Waals surface area contributed by atoms with Crippen LogP contribution in [0.15, 0.2) is 30.4 Å². The molecule has 1 aromatic rings. The van der Waals surface area contributed by atoms with Crippen molar-refractivity contribution in [2.45, 2.75) is 107 Å². The smallest absolute Gasteiger partial charge is 0.410 e. The van der Waals surface area contributed by atoms with Crippen molar-refractivity contribution in [3.05, 3.63) is 47.3 Å². The number of nitrogens with one attached hydrogen (secondary N) is 3. The van der Waals surface area contributed by atoms with Crippen LogP contribution >= 0.6 is 0 Å². The molecule has 5 amide bonds. The molecule has 3 aliphatic heterocycles. The zero-order chi connectivity index (χ0) is 36.7. The van der Waals surface area contributed by atoms with Crippen LogP contribution in [-0.4, -0.2) is 102 Å². The minimum atomic E-state index is -3.94. The molecule has 3 N–H and O–H groups in total. The summed E-state index contributed by atoms with van der Waals surface area (Å²) in [6.07, 6.45) is 2.83. The predicted octanol–water partition coefficient (Wildman–Crippen LogP) is 1.99. The largest absolute Gasteiger partial charge is 0.444 e. The second-order valence-electron chi connectivity index (χ2n) is 14.8. The molecule has 278 valence electrons. The van der Waals surface area contributed by atoms with E-state index in [2.05, 4.69) is 15.4 Å². The summed E-state index contributed by atoms with van der Waals surface area (Å²) in [5, 5.41) is 4.62. The van der Waals surface area contributed by atoms with Crippen LogP contribution < -0.4 is 15.4 Å². The van der Waals surface area contributed by atoms with Crippen molar-refractivity contribution in [3.63, 3.8) is 0 Å². The fourth-order valence-electron chi connectivity index (χ4n) is 6.66. The van der Waals surface area contributed by atoms with Gasteiger partial charge in [-0.3, -0.25) is 24.0 Å². The number of allylic oxidation sites excluding steroid dienone is 1. The average Bonchev–Trinajstić information content (AvgIpc) is 3.93. The first kappa shape index (κ1) is 36.5. The molecule has 2 saturated carbocycles. The Labute approximate surface area is 295 Å². The maximum absolute atomic E-state index is 14.4. The molecule has 5 aliphatic rings. The van der Waals surface area contributed by atoms with Crippen LogP contribution in [0.5, 0.6) is 0 Å². The molecule has 1 saturated heterocycles. The molecular formula is C34H44FN5O10S. The third kappa shape index (κ3) is 8.29. The molecule has 2 aliphatic carbocycles. The molecule has 0 aromatic heterocycles. The predicted molar refractivity (Wildman–Crippen MR) is 177 cm³/mol. The van der Waals surface area contributed by atoms with Gasteiger partial charge in [0.05, 0.1) is 24.9 Å². The van der Waals surface area contributed by atoms with Crippen LogP contribution in [0.1, 0.15) is 70.4 Å². The highest BCUT2D eigenvalue weighted by Gasteiger charge is 2.62. The Balaban J connectivity index is 1.25. The molecule has 6 rings (SSSR count). The Hall–Kier alpha value is -4.25. The van der Waals surface area contributed by atoms with Gasteiger partial charge in [0.1, 0.15) is 35.1 Å². The number of carbonyl (C=O) groups is 5. The number of alkyl carbamates (subject to hydrolysis) is 1. The van der Waals surface area contributed by atoms with Gasteiger partial charge in [-0.15, -0.1) is 0 Å². The zero-order valence-electron chi connectivity index (χ0n) is 28.8. The molecule has 17 heteroatoms. The summed E-state index contributed by atoms with van der Waals surface area (Å²) in [6, 6.07) is 1.99. The van der Waals surface area contributed by atoms with Gasteiger partial charge in [-0.25, -0.2) is 22.4 Å². The van der Waals surface area contributed by atoms with Gasteiger partial charge in [0.15, 0.2) is 0 Å².